The maximum Gasteiger partial charge on any atom is 0.161 e. The van der Waals surface area contributed by atoms with Crippen molar-refractivity contribution in [2.45, 2.75) is 26.5 Å². The molecular weight excluding hydrogens is 276 g/mol. The quantitative estimate of drug-likeness (QED) is 0.796. The summed E-state index contributed by atoms with van der Waals surface area (Å²) in [6.45, 7) is 6.39. The Balaban J connectivity index is 1.51. The van der Waals surface area contributed by atoms with Gasteiger partial charge < -0.3 is 9.30 Å². The van der Waals surface area contributed by atoms with Crippen molar-refractivity contribution in [3.63, 3.8) is 0 Å². The van der Waals surface area contributed by atoms with E-state index in [9.17, 15) is 4.79 Å². The van der Waals surface area contributed by atoms with Gasteiger partial charge in [0.25, 0.3) is 0 Å². The fraction of sp³-hybridized carbons (Fsp3) is 0.389. The fourth-order valence-electron chi connectivity index (χ4n) is 2.72. The number of aromatic nitrogens is 1. The lowest BCUT2D eigenvalue weighted by Crippen LogP contribution is -2.53. The molecule has 3 rings (SSSR count). The lowest BCUT2D eigenvalue weighted by atomic mass is 10.1. The van der Waals surface area contributed by atoms with Gasteiger partial charge in [-0.1, -0.05) is 17.7 Å². The highest BCUT2D eigenvalue weighted by Crippen LogP contribution is 2.21. The monoisotopic (exact) mass is 298 g/mol. The number of rotatable bonds is 5. The predicted molar refractivity (Wildman–Crippen MR) is 86.3 cm³/mol. The maximum atomic E-state index is 11.4. The van der Waals surface area contributed by atoms with Crippen molar-refractivity contribution in [1.82, 2.24) is 9.47 Å². The summed E-state index contributed by atoms with van der Waals surface area (Å²) in [5.74, 6) is 1.05. The summed E-state index contributed by atoms with van der Waals surface area (Å²) in [4.78, 5) is 13.7. The fourth-order valence-corrected chi connectivity index (χ4v) is 2.72. The van der Waals surface area contributed by atoms with Crippen molar-refractivity contribution in [1.29, 1.82) is 0 Å². The SMILES string of the molecule is CC(=O)c1cc(CN2CC(Oc3ccc(C)cc3)C2)n(C)c1. The normalized spacial score (nSPS) is 15.6. The molecule has 1 aliphatic heterocycles. The highest BCUT2D eigenvalue weighted by molar-refractivity contribution is 5.94. The van der Waals surface area contributed by atoms with Crippen LogP contribution in [0.4, 0.5) is 0 Å². The molecule has 2 aromatic rings. The molecule has 22 heavy (non-hydrogen) atoms. The number of hydrogen-bond donors (Lipinski definition) is 0. The zero-order valence-corrected chi connectivity index (χ0v) is 13.4. The summed E-state index contributed by atoms with van der Waals surface area (Å²) in [5, 5.41) is 0. The van der Waals surface area contributed by atoms with Crippen LogP contribution in [-0.4, -0.2) is 34.4 Å². The van der Waals surface area contributed by atoms with Crippen LogP contribution < -0.4 is 4.74 Å². The Labute approximate surface area is 131 Å². The molecule has 4 heteroatoms. The van der Waals surface area contributed by atoms with E-state index in [-0.39, 0.29) is 11.9 Å². The molecule has 1 aliphatic rings. The number of carbonyl (C=O) groups excluding carboxylic acids is 1. The number of hydrogen-bond acceptors (Lipinski definition) is 3. The Bertz CT molecular complexity index is 667. The van der Waals surface area contributed by atoms with Gasteiger partial charge >= 0.3 is 0 Å². The van der Waals surface area contributed by atoms with Gasteiger partial charge in [-0.15, -0.1) is 0 Å². The number of benzene rings is 1. The predicted octanol–water partition coefficient (Wildman–Crippen LogP) is 2.80. The van der Waals surface area contributed by atoms with Crippen molar-refractivity contribution in [3.8, 4) is 5.75 Å². The second-order valence-corrected chi connectivity index (χ2v) is 6.13. The molecule has 1 fully saturated rings. The first-order valence-corrected chi connectivity index (χ1v) is 7.63. The minimum atomic E-state index is 0.117. The molecule has 0 N–H and O–H groups in total. The summed E-state index contributed by atoms with van der Waals surface area (Å²) < 4.78 is 7.98. The Hall–Kier alpha value is -2.07. The number of likely N-dealkylation sites (tertiary alicyclic amines) is 1. The Morgan fingerprint density at radius 2 is 1.95 bits per heavy atom. The summed E-state index contributed by atoms with van der Waals surface area (Å²) >= 11 is 0. The number of ether oxygens (including phenoxy) is 1. The van der Waals surface area contributed by atoms with Crippen LogP contribution in [0.15, 0.2) is 36.5 Å². The van der Waals surface area contributed by atoms with E-state index in [1.807, 2.05) is 36.0 Å². The van der Waals surface area contributed by atoms with Crippen LogP contribution >= 0.6 is 0 Å². The summed E-state index contributed by atoms with van der Waals surface area (Å²) in [5.41, 5.74) is 3.19. The van der Waals surface area contributed by atoms with Gasteiger partial charge in [-0.3, -0.25) is 9.69 Å². The van der Waals surface area contributed by atoms with E-state index in [1.165, 1.54) is 11.3 Å². The number of ketones is 1. The van der Waals surface area contributed by atoms with E-state index < -0.39 is 0 Å². The van der Waals surface area contributed by atoms with Crippen LogP contribution in [0.5, 0.6) is 5.75 Å². The number of carbonyl (C=O) groups is 1. The molecule has 0 bridgehead atoms. The molecule has 1 saturated heterocycles. The van der Waals surface area contributed by atoms with E-state index >= 15 is 0 Å². The zero-order valence-electron chi connectivity index (χ0n) is 13.4. The Morgan fingerprint density at radius 1 is 1.27 bits per heavy atom. The largest absolute Gasteiger partial charge is 0.488 e. The third-order valence-corrected chi connectivity index (χ3v) is 4.15. The van der Waals surface area contributed by atoms with Crippen molar-refractivity contribution in [2.75, 3.05) is 13.1 Å². The Kier molecular flexibility index (Phi) is 4.03. The molecular formula is C18H22N2O2. The first-order valence-electron chi connectivity index (χ1n) is 7.63. The molecule has 4 nitrogen and oxygen atoms in total. The van der Waals surface area contributed by atoms with E-state index in [0.29, 0.717) is 0 Å². The van der Waals surface area contributed by atoms with Crippen LogP contribution in [0.1, 0.15) is 28.5 Å². The van der Waals surface area contributed by atoms with Crippen LogP contribution in [0, 0.1) is 6.92 Å². The highest BCUT2D eigenvalue weighted by atomic mass is 16.5. The average molecular weight is 298 g/mol. The lowest BCUT2D eigenvalue weighted by molar-refractivity contribution is 0.0133. The lowest BCUT2D eigenvalue weighted by Gasteiger charge is -2.39. The molecule has 0 unspecified atom stereocenters. The van der Waals surface area contributed by atoms with Gasteiger partial charge in [0.05, 0.1) is 0 Å². The molecule has 1 aromatic carbocycles. The zero-order chi connectivity index (χ0) is 15.7. The van der Waals surface area contributed by atoms with E-state index in [1.54, 1.807) is 6.92 Å². The molecule has 0 amide bonds. The van der Waals surface area contributed by atoms with Gasteiger partial charge in [-0.25, -0.2) is 0 Å². The van der Waals surface area contributed by atoms with E-state index in [2.05, 4.69) is 24.0 Å². The molecule has 0 spiro atoms. The third-order valence-electron chi connectivity index (χ3n) is 4.15. The summed E-state index contributed by atoms with van der Waals surface area (Å²) in [6.07, 6.45) is 2.16. The number of Topliss-reactive ketones (excluding diaryl/α,β-unsaturated/α-hetero) is 1. The van der Waals surface area contributed by atoms with Gasteiger partial charge in [0.1, 0.15) is 11.9 Å². The first kappa shape index (κ1) is 14.9. The molecule has 0 saturated carbocycles. The number of aryl methyl sites for hydroxylation is 2. The average Bonchev–Trinajstić information content (AvgIpc) is 2.80. The summed E-state index contributed by atoms with van der Waals surface area (Å²) in [6, 6.07) is 10.2. The standard InChI is InChI=1S/C18H22N2O2/c1-13-4-6-17(7-5-13)22-18-11-20(12-18)10-16-8-15(14(2)21)9-19(16)3/h4-9,18H,10-12H2,1-3H3. The van der Waals surface area contributed by atoms with Gasteiger partial charge in [0.15, 0.2) is 5.78 Å². The van der Waals surface area contributed by atoms with E-state index in [4.69, 9.17) is 4.74 Å². The van der Waals surface area contributed by atoms with Crippen LogP contribution in [-0.2, 0) is 13.6 Å². The Morgan fingerprint density at radius 3 is 2.55 bits per heavy atom. The molecule has 2 heterocycles. The van der Waals surface area contributed by atoms with Gasteiger partial charge in [-0.05, 0) is 32.0 Å². The molecule has 0 radical (unpaired) electrons. The van der Waals surface area contributed by atoms with Crippen molar-refractivity contribution in [2.24, 2.45) is 7.05 Å². The van der Waals surface area contributed by atoms with Gasteiger partial charge in [-0.2, -0.15) is 0 Å². The van der Waals surface area contributed by atoms with E-state index in [0.717, 1.165) is 30.9 Å². The second kappa shape index (κ2) is 5.97. The van der Waals surface area contributed by atoms with Gasteiger partial charge in [0.2, 0.25) is 0 Å². The van der Waals surface area contributed by atoms with Crippen LogP contribution in [0.2, 0.25) is 0 Å². The minimum Gasteiger partial charge on any atom is -0.488 e. The number of nitrogens with zero attached hydrogens (tertiary/aromatic N) is 2. The summed E-state index contributed by atoms with van der Waals surface area (Å²) in [7, 11) is 1.99. The van der Waals surface area contributed by atoms with Crippen LogP contribution in [0.3, 0.4) is 0 Å². The maximum absolute atomic E-state index is 11.4. The highest BCUT2D eigenvalue weighted by Gasteiger charge is 2.29. The third kappa shape index (κ3) is 3.22. The van der Waals surface area contributed by atoms with Crippen molar-refractivity contribution >= 4 is 5.78 Å². The second-order valence-electron chi connectivity index (χ2n) is 6.13. The molecule has 1 aromatic heterocycles. The molecule has 0 atom stereocenters. The topological polar surface area (TPSA) is 34.5 Å². The van der Waals surface area contributed by atoms with Crippen molar-refractivity contribution < 1.29 is 9.53 Å². The van der Waals surface area contributed by atoms with Crippen LogP contribution in [0.25, 0.3) is 0 Å². The minimum absolute atomic E-state index is 0.117. The molecule has 0 aliphatic carbocycles. The first-order chi connectivity index (χ1) is 10.5. The van der Waals surface area contributed by atoms with Crippen molar-refractivity contribution in [3.05, 3.63) is 53.3 Å². The molecule has 116 valence electrons. The smallest absolute Gasteiger partial charge is 0.161 e. The van der Waals surface area contributed by atoms with Gasteiger partial charge in [0, 0.05) is 44.1 Å².